The molecule has 0 aliphatic heterocycles. The van der Waals surface area contributed by atoms with Crippen LogP contribution in [-0.4, -0.2) is 29.2 Å². The zero-order chi connectivity index (χ0) is 14.2. The molecule has 5 heteroatoms. The minimum atomic E-state index is 0.341. The Morgan fingerprint density at radius 1 is 1.40 bits per heavy atom. The lowest BCUT2D eigenvalue weighted by molar-refractivity contribution is 0.0183. The molecule has 1 N–H and O–H groups in total. The van der Waals surface area contributed by atoms with E-state index in [9.17, 15) is 0 Å². The van der Waals surface area contributed by atoms with Crippen molar-refractivity contribution in [3.05, 3.63) is 18.1 Å². The second-order valence-electron chi connectivity index (χ2n) is 5.15. The van der Waals surface area contributed by atoms with E-state index in [0.717, 1.165) is 19.6 Å². The predicted molar refractivity (Wildman–Crippen MR) is 77.2 cm³/mol. The number of nitrogens with zero attached hydrogens (tertiary/aromatic N) is 3. The number of aromatic nitrogens is 2. The molecule has 1 unspecified atom stereocenters. The zero-order valence-corrected chi connectivity index (χ0v) is 12.0. The maximum atomic E-state index is 8.67. The molecule has 0 bridgehead atoms. The molecule has 2 rings (SSSR count). The van der Waals surface area contributed by atoms with E-state index in [1.165, 1.54) is 31.9 Å². The Morgan fingerprint density at radius 3 is 2.80 bits per heavy atom. The summed E-state index contributed by atoms with van der Waals surface area (Å²) in [7, 11) is 0. The van der Waals surface area contributed by atoms with Crippen LogP contribution in [0.25, 0.3) is 0 Å². The minimum absolute atomic E-state index is 0.341. The number of nitriles is 1. The Hall–Kier alpha value is -1.67. The van der Waals surface area contributed by atoms with Crippen LogP contribution in [0.2, 0.25) is 0 Å². The first-order chi connectivity index (χ1) is 9.83. The Kier molecular flexibility index (Phi) is 5.75. The van der Waals surface area contributed by atoms with Crippen molar-refractivity contribution in [3.63, 3.8) is 0 Å². The molecule has 0 radical (unpaired) electrons. The Bertz CT molecular complexity index is 434. The normalized spacial score (nSPS) is 16.8. The van der Waals surface area contributed by atoms with Gasteiger partial charge in [0, 0.05) is 13.2 Å². The topological polar surface area (TPSA) is 70.8 Å². The van der Waals surface area contributed by atoms with E-state index in [-0.39, 0.29) is 0 Å². The molecule has 1 fully saturated rings. The molecular formula is C15H22N4O. The molecule has 0 amide bonds. The number of rotatable bonds is 7. The monoisotopic (exact) mass is 274 g/mol. The summed E-state index contributed by atoms with van der Waals surface area (Å²) in [6.07, 6.45) is 9.68. The molecule has 1 aromatic rings. The molecule has 1 atom stereocenters. The lowest BCUT2D eigenvalue weighted by Crippen LogP contribution is -2.25. The summed E-state index contributed by atoms with van der Waals surface area (Å²) in [6, 6.07) is 1.96. The van der Waals surface area contributed by atoms with Gasteiger partial charge in [-0.15, -0.1) is 0 Å². The van der Waals surface area contributed by atoms with Crippen molar-refractivity contribution in [2.75, 3.05) is 18.5 Å². The van der Waals surface area contributed by atoms with E-state index in [4.69, 9.17) is 10.00 Å². The number of hydrogen-bond acceptors (Lipinski definition) is 5. The van der Waals surface area contributed by atoms with Crippen molar-refractivity contribution < 1.29 is 4.74 Å². The Morgan fingerprint density at radius 2 is 2.20 bits per heavy atom. The van der Waals surface area contributed by atoms with E-state index in [1.54, 1.807) is 6.20 Å². The first-order valence-electron chi connectivity index (χ1n) is 7.41. The van der Waals surface area contributed by atoms with Crippen LogP contribution in [0, 0.1) is 17.2 Å². The fourth-order valence-electron chi connectivity index (χ4n) is 2.82. The van der Waals surface area contributed by atoms with Crippen molar-refractivity contribution in [1.82, 2.24) is 9.97 Å². The van der Waals surface area contributed by atoms with Gasteiger partial charge in [0.1, 0.15) is 11.9 Å². The van der Waals surface area contributed by atoms with Crippen LogP contribution in [0.4, 0.5) is 5.82 Å². The molecule has 1 saturated carbocycles. The molecular weight excluding hydrogens is 252 g/mol. The highest BCUT2D eigenvalue weighted by molar-refractivity contribution is 5.32. The number of nitrogens with one attached hydrogen (secondary N) is 1. The number of anilines is 1. The van der Waals surface area contributed by atoms with Gasteiger partial charge in [-0.2, -0.15) is 5.26 Å². The van der Waals surface area contributed by atoms with Crippen LogP contribution in [0.1, 0.15) is 44.7 Å². The van der Waals surface area contributed by atoms with Gasteiger partial charge in [-0.3, -0.25) is 0 Å². The van der Waals surface area contributed by atoms with Crippen molar-refractivity contribution in [2.24, 2.45) is 5.92 Å². The lowest BCUT2D eigenvalue weighted by atomic mass is 9.98. The molecule has 1 aromatic heterocycles. The highest BCUT2D eigenvalue weighted by Crippen LogP contribution is 2.30. The largest absolute Gasteiger partial charge is 0.378 e. The zero-order valence-electron chi connectivity index (χ0n) is 12.0. The van der Waals surface area contributed by atoms with Gasteiger partial charge >= 0.3 is 0 Å². The van der Waals surface area contributed by atoms with Gasteiger partial charge in [0.2, 0.25) is 0 Å². The fourth-order valence-corrected chi connectivity index (χ4v) is 2.82. The van der Waals surface area contributed by atoms with E-state index >= 15 is 0 Å². The number of hydrogen-bond donors (Lipinski definition) is 1. The van der Waals surface area contributed by atoms with Crippen molar-refractivity contribution in [3.8, 4) is 6.07 Å². The lowest BCUT2D eigenvalue weighted by Gasteiger charge is -2.23. The Balaban J connectivity index is 1.78. The second-order valence-corrected chi connectivity index (χ2v) is 5.15. The van der Waals surface area contributed by atoms with Gasteiger partial charge in [0.05, 0.1) is 18.5 Å². The van der Waals surface area contributed by atoms with E-state index in [0.29, 0.717) is 23.5 Å². The first-order valence-corrected chi connectivity index (χ1v) is 7.41. The molecule has 108 valence electrons. The number of ether oxygens (including phenoxy) is 1. The molecule has 0 spiro atoms. The van der Waals surface area contributed by atoms with Gasteiger partial charge in [0.15, 0.2) is 5.69 Å². The average molecular weight is 274 g/mol. The minimum Gasteiger partial charge on any atom is -0.378 e. The third kappa shape index (κ3) is 4.17. The highest BCUT2D eigenvalue weighted by Gasteiger charge is 2.24. The smallest absolute Gasteiger partial charge is 0.158 e. The maximum Gasteiger partial charge on any atom is 0.158 e. The molecule has 0 saturated heterocycles. The molecule has 1 aliphatic rings. The molecule has 20 heavy (non-hydrogen) atoms. The highest BCUT2D eigenvalue weighted by atomic mass is 16.5. The van der Waals surface area contributed by atoms with Gasteiger partial charge in [-0.05, 0) is 32.1 Å². The summed E-state index contributed by atoms with van der Waals surface area (Å²) in [5.41, 5.74) is 0.341. The summed E-state index contributed by atoms with van der Waals surface area (Å²) in [5, 5.41) is 11.9. The van der Waals surface area contributed by atoms with Gasteiger partial charge < -0.3 is 10.1 Å². The van der Waals surface area contributed by atoms with E-state index in [1.807, 2.05) is 6.07 Å². The Labute approximate surface area is 120 Å². The molecule has 5 nitrogen and oxygen atoms in total. The van der Waals surface area contributed by atoms with Crippen molar-refractivity contribution in [1.29, 1.82) is 5.26 Å². The predicted octanol–water partition coefficient (Wildman–Crippen LogP) is 2.75. The van der Waals surface area contributed by atoms with Gasteiger partial charge in [-0.25, -0.2) is 9.97 Å². The summed E-state index contributed by atoms with van der Waals surface area (Å²) in [6.45, 7) is 3.65. The van der Waals surface area contributed by atoms with E-state index < -0.39 is 0 Å². The fraction of sp³-hybridized carbons (Fsp3) is 0.667. The van der Waals surface area contributed by atoms with Crippen molar-refractivity contribution >= 4 is 5.82 Å². The first kappa shape index (κ1) is 14.7. The van der Waals surface area contributed by atoms with Crippen molar-refractivity contribution in [2.45, 2.75) is 45.1 Å². The van der Waals surface area contributed by atoms with Gasteiger partial charge in [-0.1, -0.05) is 12.8 Å². The van der Waals surface area contributed by atoms with Crippen LogP contribution in [0.5, 0.6) is 0 Å². The summed E-state index contributed by atoms with van der Waals surface area (Å²) in [4.78, 5) is 8.14. The van der Waals surface area contributed by atoms with Gasteiger partial charge in [0.25, 0.3) is 0 Å². The standard InChI is InChI=1S/C15H22N4O/c1-2-20-14(12-5-3-4-6-12)7-8-17-15-11-18-13(9-16)10-19-15/h10-12,14H,2-8H2,1H3,(H,17,19). The molecule has 1 aliphatic carbocycles. The maximum absolute atomic E-state index is 8.67. The summed E-state index contributed by atoms with van der Waals surface area (Å²) >= 11 is 0. The van der Waals surface area contributed by atoms with Crippen LogP contribution < -0.4 is 5.32 Å². The second kappa shape index (κ2) is 7.81. The van der Waals surface area contributed by atoms with E-state index in [2.05, 4.69) is 22.2 Å². The summed E-state index contributed by atoms with van der Waals surface area (Å²) in [5.74, 6) is 1.43. The molecule has 0 aromatic carbocycles. The van der Waals surface area contributed by atoms with Crippen LogP contribution in [0.3, 0.4) is 0 Å². The van der Waals surface area contributed by atoms with Crippen LogP contribution in [-0.2, 0) is 4.74 Å². The SMILES string of the molecule is CCOC(CCNc1cnc(C#N)cn1)C1CCCC1. The quantitative estimate of drug-likeness (QED) is 0.827. The average Bonchev–Trinajstić information content (AvgIpc) is 3.01. The summed E-state index contributed by atoms with van der Waals surface area (Å²) < 4.78 is 5.88. The third-order valence-corrected chi connectivity index (χ3v) is 3.81. The van der Waals surface area contributed by atoms with Crippen LogP contribution >= 0.6 is 0 Å². The van der Waals surface area contributed by atoms with Crippen LogP contribution in [0.15, 0.2) is 12.4 Å². The molecule has 1 heterocycles. The third-order valence-electron chi connectivity index (χ3n) is 3.81.